The van der Waals surface area contributed by atoms with E-state index in [4.69, 9.17) is 4.98 Å². The minimum Gasteiger partial charge on any atom is -0.355 e. The number of carbonyl (C=O) groups excluding carboxylic acids is 2. The monoisotopic (exact) mass is 409 g/mol. The van der Waals surface area contributed by atoms with Crippen molar-refractivity contribution in [1.29, 1.82) is 0 Å². The van der Waals surface area contributed by atoms with Crippen molar-refractivity contribution >= 4 is 33.1 Å². The molecule has 3 heterocycles. The molecule has 1 aliphatic rings. The number of carbonyl (C=O) groups is 2. The Hall–Kier alpha value is -2.31. The van der Waals surface area contributed by atoms with Gasteiger partial charge in [-0.25, -0.2) is 4.98 Å². The van der Waals surface area contributed by atoms with Crippen LogP contribution >= 0.6 is 11.3 Å². The Bertz CT molecular complexity index is 1050. The van der Waals surface area contributed by atoms with E-state index in [1.807, 2.05) is 32.9 Å². The normalized spacial score (nSPS) is 18.8. The number of aromatic nitrogens is 2. The van der Waals surface area contributed by atoms with Crippen LogP contribution in [0.15, 0.2) is 24.3 Å². The number of hydrogen-bond donors (Lipinski definition) is 1. The Balaban J connectivity index is 1.54. The minimum absolute atomic E-state index is 0.00294. The molecule has 4 rings (SSSR count). The van der Waals surface area contributed by atoms with Crippen LogP contribution in [0.4, 0.5) is 0 Å². The van der Waals surface area contributed by atoms with Gasteiger partial charge >= 0.3 is 0 Å². The van der Waals surface area contributed by atoms with Gasteiger partial charge in [-0.2, -0.15) is 0 Å². The number of piperidine rings is 1. The molecule has 1 fully saturated rings. The van der Waals surface area contributed by atoms with Crippen LogP contribution in [0.25, 0.3) is 10.2 Å². The second kappa shape index (κ2) is 7.84. The summed E-state index contributed by atoms with van der Waals surface area (Å²) in [6, 6.07) is 8.02. The van der Waals surface area contributed by atoms with E-state index in [1.165, 1.54) is 9.71 Å². The number of benzene rings is 1. The van der Waals surface area contributed by atoms with Gasteiger partial charge < -0.3 is 4.98 Å². The summed E-state index contributed by atoms with van der Waals surface area (Å²) >= 11 is 1.77. The van der Waals surface area contributed by atoms with Gasteiger partial charge in [0.2, 0.25) is 0 Å². The van der Waals surface area contributed by atoms with Crippen LogP contribution in [-0.4, -0.2) is 45.6 Å². The van der Waals surface area contributed by atoms with Crippen molar-refractivity contribution in [2.45, 2.75) is 52.5 Å². The van der Waals surface area contributed by atoms with Crippen LogP contribution in [0.3, 0.4) is 0 Å². The Morgan fingerprint density at radius 3 is 2.72 bits per heavy atom. The fraction of sp³-hybridized carbons (Fsp3) is 0.435. The van der Waals surface area contributed by atoms with Gasteiger partial charge in [0.25, 0.3) is 0 Å². The van der Waals surface area contributed by atoms with Crippen LogP contribution in [0.5, 0.6) is 0 Å². The molecular formula is C23H27N3O2S. The quantitative estimate of drug-likeness (QED) is 0.609. The molecule has 3 aromatic rings. The summed E-state index contributed by atoms with van der Waals surface area (Å²) in [4.78, 5) is 35.4. The molecule has 1 aliphatic heterocycles. The Morgan fingerprint density at radius 2 is 2.03 bits per heavy atom. The van der Waals surface area contributed by atoms with Crippen molar-refractivity contribution in [2.24, 2.45) is 0 Å². The van der Waals surface area contributed by atoms with Gasteiger partial charge in [-0.05, 0) is 64.8 Å². The molecule has 0 aliphatic carbocycles. The largest absolute Gasteiger partial charge is 0.355 e. The molecule has 0 radical (unpaired) electrons. The zero-order valence-electron chi connectivity index (χ0n) is 17.4. The summed E-state index contributed by atoms with van der Waals surface area (Å²) in [5, 5.41) is 1.17. The molecule has 0 saturated carbocycles. The maximum absolute atomic E-state index is 13.2. The second-order valence-electron chi connectivity index (χ2n) is 8.08. The molecule has 5 nitrogen and oxygen atoms in total. The van der Waals surface area contributed by atoms with Crippen LogP contribution in [-0.2, 0) is 0 Å². The predicted octanol–water partition coefficient (Wildman–Crippen LogP) is 4.89. The zero-order valence-corrected chi connectivity index (χ0v) is 18.2. The van der Waals surface area contributed by atoms with E-state index in [1.54, 1.807) is 18.3 Å². The number of fused-ring (bicyclic) bond motifs is 1. The molecule has 1 aromatic carbocycles. The van der Waals surface area contributed by atoms with Gasteiger partial charge in [0.1, 0.15) is 0 Å². The van der Waals surface area contributed by atoms with Crippen molar-refractivity contribution in [3.8, 4) is 0 Å². The molecule has 1 saturated heterocycles. The number of aromatic amines is 1. The lowest BCUT2D eigenvalue weighted by Crippen LogP contribution is -2.44. The predicted molar refractivity (Wildman–Crippen MR) is 117 cm³/mol. The number of para-hydroxylation sites is 1. The van der Waals surface area contributed by atoms with Crippen LogP contribution in [0, 0.1) is 13.8 Å². The lowest BCUT2D eigenvalue weighted by molar-refractivity contribution is 0.0786. The van der Waals surface area contributed by atoms with E-state index in [0.717, 1.165) is 42.7 Å². The molecule has 2 aromatic heterocycles. The molecule has 29 heavy (non-hydrogen) atoms. The van der Waals surface area contributed by atoms with Crippen LogP contribution in [0.1, 0.15) is 69.7 Å². The van der Waals surface area contributed by atoms with Crippen molar-refractivity contribution in [3.05, 3.63) is 51.8 Å². The first-order valence-electron chi connectivity index (χ1n) is 10.2. The van der Waals surface area contributed by atoms with Gasteiger partial charge in [-0.3, -0.25) is 14.5 Å². The van der Waals surface area contributed by atoms with Crippen molar-refractivity contribution < 1.29 is 9.59 Å². The fourth-order valence-corrected chi connectivity index (χ4v) is 5.62. The number of likely N-dealkylation sites (tertiary alicyclic amines) is 1. The maximum Gasteiger partial charge on any atom is 0.196 e. The molecular weight excluding hydrogens is 382 g/mol. The first-order valence-corrected chi connectivity index (χ1v) is 11.0. The Morgan fingerprint density at radius 1 is 1.28 bits per heavy atom. The topological polar surface area (TPSA) is 66.1 Å². The molecule has 6 heteroatoms. The average molecular weight is 410 g/mol. The summed E-state index contributed by atoms with van der Waals surface area (Å²) < 4.78 is 1.22. The highest BCUT2D eigenvalue weighted by molar-refractivity contribution is 7.18. The number of Topliss-reactive ketones (excluding diaryl/α,β-unsaturated/α-hetero) is 2. The van der Waals surface area contributed by atoms with E-state index in [0.29, 0.717) is 17.2 Å². The number of nitrogens with zero attached hydrogens (tertiary/aromatic N) is 2. The number of rotatable bonds is 5. The molecule has 0 spiro atoms. The maximum atomic E-state index is 13.2. The molecule has 0 amide bonds. The smallest absolute Gasteiger partial charge is 0.196 e. The SMILES string of the molecule is CC(=O)c1c(C)[nH]c(C(=O)[C@@H](C)N2CCC[C@H](c3nc4ccccc4s3)C2)c1C. The lowest BCUT2D eigenvalue weighted by atomic mass is 9.95. The second-order valence-corrected chi connectivity index (χ2v) is 9.14. The third-order valence-electron chi connectivity index (χ3n) is 6.08. The summed E-state index contributed by atoms with van der Waals surface area (Å²) in [5.41, 5.74) is 3.82. The number of ketones is 2. The number of aryl methyl sites for hydroxylation is 1. The van der Waals surface area contributed by atoms with Gasteiger partial charge in [0.15, 0.2) is 11.6 Å². The molecule has 0 bridgehead atoms. The van der Waals surface area contributed by atoms with Crippen LogP contribution in [0.2, 0.25) is 0 Å². The van der Waals surface area contributed by atoms with Gasteiger partial charge in [-0.15, -0.1) is 11.3 Å². The van der Waals surface area contributed by atoms with E-state index in [2.05, 4.69) is 22.0 Å². The summed E-state index contributed by atoms with van der Waals surface area (Å²) in [6.45, 7) is 8.99. The van der Waals surface area contributed by atoms with E-state index in [9.17, 15) is 9.59 Å². The third kappa shape index (κ3) is 3.67. The van der Waals surface area contributed by atoms with Crippen molar-refractivity contribution in [3.63, 3.8) is 0 Å². The van der Waals surface area contributed by atoms with Crippen LogP contribution < -0.4 is 0 Å². The number of H-pyrrole nitrogens is 1. The highest BCUT2D eigenvalue weighted by Crippen LogP contribution is 2.34. The summed E-state index contributed by atoms with van der Waals surface area (Å²) in [7, 11) is 0. The summed E-state index contributed by atoms with van der Waals surface area (Å²) in [6.07, 6.45) is 2.16. The average Bonchev–Trinajstić information content (AvgIpc) is 3.27. The number of hydrogen-bond acceptors (Lipinski definition) is 5. The van der Waals surface area contributed by atoms with Gasteiger partial charge in [-0.1, -0.05) is 12.1 Å². The summed E-state index contributed by atoms with van der Waals surface area (Å²) in [5.74, 6) is 0.413. The zero-order chi connectivity index (χ0) is 20.7. The molecule has 1 N–H and O–H groups in total. The van der Waals surface area contributed by atoms with E-state index < -0.39 is 0 Å². The van der Waals surface area contributed by atoms with Crippen molar-refractivity contribution in [1.82, 2.24) is 14.9 Å². The Labute approximate surface area is 175 Å². The van der Waals surface area contributed by atoms with Gasteiger partial charge in [0, 0.05) is 23.7 Å². The third-order valence-corrected chi connectivity index (χ3v) is 7.27. The first-order chi connectivity index (χ1) is 13.9. The van der Waals surface area contributed by atoms with Crippen molar-refractivity contribution in [2.75, 3.05) is 13.1 Å². The van der Waals surface area contributed by atoms with E-state index >= 15 is 0 Å². The molecule has 2 atom stereocenters. The highest BCUT2D eigenvalue weighted by Gasteiger charge is 2.32. The lowest BCUT2D eigenvalue weighted by Gasteiger charge is -2.35. The Kier molecular flexibility index (Phi) is 5.40. The standard InChI is InChI=1S/C23H27N3O2S/c1-13-20(16(4)27)14(2)24-21(13)22(28)15(3)26-11-7-8-17(12-26)23-25-18-9-5-6-10-19(18)29-23/h5-6,9-10,15,17,24H,7-8,11-12H2,1-4H3/t15-,17+/m1/s1. The minimum atomic E-state index is -0.233. The van der Waals surface area contributed by atoms with E-state index in [-0.39, 0.29) is 17.6 Å². The number of nitrogens with one attached hydrogen (secondary N) is 1. The molecule has 0 unspecified atom stereocenters. The highest BCUT2D eigenvalue weighted by atomic mass is 32.1. The first kappa shape index (κ1) is 20.0. The van der Waals surface area contributed by atoms with Gasteiger partial charge in [0.05, 0.1) is 27.0 Å². The number of thiazole rings is 1. The molecule has 152 valence electrons. The fourth-order valence-electron chi connectivity index (χ4n) is 4.52.